The predicted molar refractivity (Wildman–Crippen MR) is 138 cm³/mol. The Morgan fingerprint density at radius 2 is 1.89 bits per heavy atom. The Morgan fingerprint density at radius 1 is 1.08 bits per heavy atom. The number of hydrogen-bond acceptors (Lipinski definition) is 3. The summed E-state index contributed by atoms with van der Waals surface area (Å²) in [6.45, 7) is 5.16. The van der Waals surface area contributed by atoms with E-state index in [-0.39, 0.29) is 18.1 Å². The van der Waals surface area contributed by atoms with Gasteiger partial charge in [-0.3, -0.25) is 4.79 Å². The Kier molecular flexibility index (Phi) is 6.76. The van der Waals surface area contributed by atoms with Gasteiger partial charge in [0.15, 0.2) is 0 Å². The quantitative estimate of drug-likeness (QED) is 0.327. The van der Waals surface area contributed by atoms with Gasteiger partial charge >= 0.3 is 0 Å². The van der Waals surface area contributed by atoms with Crippen LogP contribution in [0.25, 0.3) is 16.9 Å². The summed E-state index contributed by atoms with van der Waals surface area (Å²) in [6.07, 6.45) is 0.733. The Bertz CT molecular complexity index is 1410. The fourth-order valence-corrected chi connectivity index (χ4v) is 4.69. The average Bonchev–Trinajstić information content (AvgIpc) is 3.26. The lowest BCUT2D eigenvalue weighted by Gasteiger charge is -2.21. The summed E-state index contributed by atoms with van der Waals surface area (Å²) in [6, 6.07) is 22.8. The number of ether oxygens (including phenoxy) is 2. The van der Waals surface area contributed by atoms with Gasteiger partial charge in [0.05, 0.1) is 18.0 Å². The maximum atomic E-state index is 15.2. The molecule has 2 heterocycles. The zero-order valence-corrected chi connectivity index (χ0v) is 20.5. The van der Waals surface area contributed by atoms with Gasteiger partial charge in [-0.05, 0) is 62.2 Å². The average molecular weight is 485 g/mol. The van der Waals surface area contributed by atoms with Gasteiger partial charge in [-0.1, -0.05) is 36.4 Å². The van der Waals surface area contributed by atoms with Crippen molar-refractivity contribution in [3.8, 4) is 28.4 Å². The van der Waals surface area contributed by atoms with E-state index in [2.05, 4.69) is 5.32 Å². The maximum absolute atomic E-state index is 15.2. The lowest BCUT2D eigenvalue weighted by atomic mass is 10.0. The molecule has 0 bridgehead atoms. The second kappa shape index (κ2) is 10.3. The van der Waals surface area contributed by atoms with Crippen LogP contribution in [-0.2, 0) is 24.4 Å². The molecular weight excluding hydrogens is 455 g/mol. The molecule has 0 aliphatic carbocycles. The number of para-hydroxylation sites is 2. The normalized spacial score (nSPS) is 11.9. The van der Waals surface area contributed by atoms with E-state index in [0.717, 1.165) is 45.1 Å². The van der Waals surface area contributed by atoms with Crippen LogP contribution in [0, 0.1) is 12.7 Å². The van der Waals surface area contributed by atoms with Crippen molar-refractivity contribution in [1.82, 2.24) is 9.88 Å². The summed E-state index contributed by atoms with van der Waals surface area (Å²) >= 11 is 0. The molecule has 6 heteroatoms. The van der Waals surface area contributed by atoms with Crippen molar-refractivity contribution in [2.45, 2.75) is 39.8 Å². The van der Waals surface area contributed by atoms with E-state index in [4.69, 9.17) is 9.47 Å². The van der Waals surface area contributed by atoms with Crippen molar-refractivity contribution in [1.29, 1.82) is 0 Å². The molecule has 5 nitrogen and oxygen atoms in total. The molecule has 1 aliphatic heterocycles. The summed E-state index contributed by atoms with van der Waals surface area (Å²) in [5.74, 6) is 1.17. The van der Waals surface area contributed by atoms with Crippen LogP contribution >= 0.6 is 0 Å². The summed E-state index contributed by atoms with van der Waals surface area (Å²) in [5.41, 5.74) is 5.95. The second-order valence-electron chi connectivity index (χ2n) is 8.90. The van der Waals surface area contributed by atoms with Gasteiger partial charge < -0.3 is 19.4 Å². The van der Waals surface area contributed by atoms with Crippen molar-refractivity contribution < 1.29 is 18.7 Å². The number of fused-ring (bicyclic) bond motifs is 3. The van der Waals surface area contributed by atoms with Crippen LogP contribution in [0.3, 0.4) is 0 Å². The molecule has 0 saturated carbocycles. The molecule has 3 aromatic carbocycles. The molecule has 0 unspecified atom stereocenters. The maximum Gasteiger partial charge on any atom is 0.220 e. The first-order valence-corrected chi connectivity index (χ1v) is 12.2. The fourth-order valence-electron chi connectivity index (χ4n) is 4.69. The number of halogens is 1. The van der Waals surface area contributed by atoms with Crippen LogP contribution in [0.4, 0.5) is 4.39 Å². The summed E-state index contributed by atoms with van der Waals surface area (Å²) < 4.78 is 28.8. The zero-order valence-electron chi connectivity index (χ0n) is 20.5. The van der Waals surface area contributed by atoms with Gasteiger partial charge in [-0.25, -0.2) is 4.39 Å². The summed E-state index contributed by atoms with van der Waals surface area (Å²) in [7, 11) is 0. The van der Waals surface area contributed by atoms with Crippen molar-refractivity contribution in [3.63, 3.8) is 0 Å². The Labute approximate surface area is 210 Å². The van der Waals surface area contributed by atoms with Crippen molar-refractivity contribution in [2.75, 3.05) is 6.61 Å². The number of amides is 1. The molecule has 1 aliphatic rings. The number of nitrogens with zero attached hydrogens (tertiary/aromatic N) is 1. The topological polar surface area (TPSA) is 52.5 Å². The smallest absolute Gasteiger partial charge is 0.220 e. The van der Waals surface area contributed by atoms with Crippen molar-refractivity contribution >= 4 is 5.91 Å². The highest BCUT2D eigenvalue weighted by Crippen LogP contribution is 2.41. The minimum atomic E-state index is -0.296. The number of rotatable bonds is 8. The van der Waals surface area contributed by atoms with E-state index in [1.54, 1.807) is 12.1 Å². The first kappa shape index (κ1) is 23.7. The number of aryl methyl sites for hydroxylation is 2. The van der Waals surface area contributed by atoms with Crippen molar-refractivity contribution in [3.05, 3.63) is 101 Å². The lowest BCUT2D eigenvalue weighted by Crippen LogP contribution is -2.23. The summed E-state index contributed by atoms with van der Waals surface area (Å²) in [5, 5.41) is 3.00. The van der Waals surface area contributed by atoms with Crippen LogP contribution in [0.1, 0.15) is 35.7 Å². The van der Waals surface area contributed by atoms with Crippen LogP contribution < -0.4 is 14.8 Å². The molecule has 0 fully saturated rings. The first-order valence-electron chi connectivity index (χ1n) is 12.2. The monoisotopic (exact) mass is 484 g/mol. The Morgan fingerprint density at radius 3 is 2.72 bits per heavy atom. The second-order valence-corrected chi connectivity index (χ2v) is 8.90. The van der Waals surface area contributed by atoms with E-state index < -0.39 is 0 Å². The molecule has 1 aromatic heterocycles. The molecule has 184 valence electrons. The van der Waals surface area contributed by atoms with Gasteiger partial charge in [-0.15, -0.1) is 0 Å². The Hall–Kier alpha value is -4.06. The fraction of sp³-hybridized carbons (Fsp3) is 0.233. The molecule has 4 aromatic rings. The minimum absolute atomic E-state index is 0.0759. The largest absolute Gasteiger partial charge is 0.494 e. The standard InChI is InChI=1S/C30H29FN2O3/c1-3-35-27-10-6-4-8-21(27)18-32-29(34)15-13-23-17-22-19-36-28-11-7-5-9-24(28)30(22)33(23)26-14-12-20(2)16-25(26)31/h4-12,14,16-17H,3,13,15,18-19H2,1-2H3,(H,32,34). The molecule has 36 heavy (non-hydrogen) atoms. The van der Waals surface area contributed by atoms with Gasteiger partial charge in [0.25, 0.3) is 0 Å². The third-order valence-electron chi connectivity index (χ3n) is 6.38. The van der Waals surface area contributed by atoms with Gasteiger partial charge in [0.1, 0.15) is 23.9 Å². The van der Waals surface area contributed by atoms with Gasteiger partial charge in [0.2, 0.25) is 5.91 Å². The van der Waals surface area contributed by atoms with E-state index in [1.165, 1.54) is 0 Å². The number of hydrogen-bond donors (Lipinski definition) is 1. The molecule has 0 saturated heterocycles. The molecule has 1 amide bonds. The number of carbonyl (C=O) groups excluding carboxylic acids is 1. The van der Waals surface area contributed by atoms with E-state index >= 15 is 4.39 Å². The van der Waals surface area contributed by atoms with Gasteiger partial charge in [-0.2, -0.15) is 0 Å². The molecule has 0 spiro atoms. The van der Waals surface area contributed by atoms with Crippen LogP contribution in [0.5, 0.6) is 11.5 Å². The highest BCUT2D eigenvalue weighted by atomic mass is 19.1. The van der Waals surface area contributed by atoms with Crippen LogP contribution in [-0.4, -0.2) is 17.1 Å². The number of benzene rings is 3. The SMILES string of the molecule is CCOc1ccccc1CNC(=O)CCc1cc2c(n1-c1ccc(C)cc1F)-c1ccccc1OC2. The van der Waals surface area contributed by atoms with E-state index in [1.807, 2.05) is 79.1 Å². The first-order chi connectivity index (χ1) is 17.5. The minimum Gasteiger partial charge on any atom is -0.494 e. The third kappa shape index (κ3) is 4.71. The van der Waals surface area contributed by atoms with Crippen LogP contribution in [0.2, 0.25) is 0 Å². The van der Waals surface area contributed by atoms with Crippen molar-refractivity contribution in [2.24, 2.45) is 0 Å². The molecule has 1 N–H and O–H groups in total. The highest BCUT2D eigenvalue weighted by Gasteiger charge is 2.26. The predicted octanol–water partition coefficient (Wildman–Crippen LogP) is 6.13. The molecule has 0 atom stereocenters. The highest BCUT2D eigenvalue weighted by molar-refractivity contribution is 5.77. The third-order valence-corrected chi connectivity index (χ3v) is 6.38. The zero-order chi connectivity index (χ0) is 25.1. The number of aromatic nitrogens is 1. The molecular formula is C30H29FN2O3. The molecule has 0 radical (unpaired) electrons. The number of nitrogens with one attached hydrogen (secondary N) is 1. The summed E-state index contributed by atoms with van der Waals surface area (Å²) in [4.78, 5) is 12.8. The van der Waals surface area contributed by atoms with Crippen LogP contribution in [0.15, 0.2) is 72.8 Å². The van der Waals surface area contributed by atoms with Gasteiger partial charge in [0, 0.05) is 35.3 Å². The molecule has 5 rings (SSSR count). The lowest BCUT2D eigenvalue weighted by molar-refractivity contribution is -0.121. The van der Waals surface area contributed by atoms with E-state index in [0.29, 0.717) is 31.9 Å². The van der Waals surface area contributed by atoms with E-state index in [9.17, 15) is 4.79 Å². The number of carbonyl (C=O) groups is 1. The Balaban J connectivity index is 1.41.